The van der Waals surface area contributed by atoms with Crippen LogP contribution in [0.3, 0.4) is 0 Å². The van der Waals surface area contributed by atoms with Crippen molar-refractivity contribution < 1.29 is 9.53 Å². The predicted octanol–water partition coefficient (Wildman–Crippen LogP) is 4.78. The average Bonchev–Trinajstić information content (AvgIpc) is 3.33. The third-order valence-corrected chi connectivity index (χ3v) is 6.67. The third-order valence-electron chi connectivity index (χ3n) is 5.53. The van der Waals surface area contributed by atoms with Crippen LogP contribution in [0.1, 0.15) is 17.4 Å². The van der Waals surface area contributed by atoms with E-state index < -0.39 is 0 Å². The molecule has 0 saturated carbocycles. The molecule has 0 spiro atoms. The Balaban J connectivity index is 1.61. The van der Waals surface area contributed by atoms with E-state index in [-0.39, 0.29) is 24.1 Å². The number of ether oxygens (including phenoxy) is 1. The number of carbonyl (C=O) groups is 1. The highest BCUT2D eigenvalue weighted by molar-refractivity contribution is 7.09. The van der Waals surface area contributed by atoms with Gasteiger partial charge in [0.15, 0.2) is 0 Å². The molecule has 0 saturated heterocycles. The van der Waals surface area contributed by atoms with Crippen LogP contribution in [0.15, 0.2) is 71.1 Å². The smallest absolute Gasteiger partial charge is 0.261 e. The number of halogens is 1. The van der Waals surface area contributed by atoms with E-state index in [2.05, 4.69) is 11.1 Å². The molecule has 170 valence electrons. The number of methoxy groups -OCH3 is 1. The zero-order chi connectivity index (χ0) is 23.4. The first-order valence-electron chi connectivity index (χ1n) is 10.5. The van der Waals surface area contributed by atoms with Gasteiger partial charge in [-0.2, -0.15) is 0 Å². The number of fused-ring (bicyclic) bond motifs is 1. The van der Waals surface area contributed by atoms with Gasteiger partial charge in [-0.05, 0) is 54.3 Å². The minimum absolute atomic E-state index is 0.0585. The molecule has 2 heterocycles. The van der Waals surface area contributed by atoms with Crippen molar-refractivity contribution >= 4 is 39.7 Å². The summed E-state index contributed by atoms with van der Waals surface area (Å²) in [5.74, 6) is 0.607. The quantitative estimate of drug-likeness (QED) is 0.363. The fourth-order valence-electron chi connectivity index (χ4n) is 3.73. The van der Waals surface area contributed by atoms with Gasteiger partial charge in [-0.1, -0.05) is 29.8 Å². The molecule has 1 unspecified atom stereocenters. The molecule has 1 atom stereocenters. The van der Waals surface area contributed by atoms with E-state index in [0.29, 0.717) is 22.5 Å². The van der Waals surface area contributed by atoms with Gasteiger partial charge in [-0.15, -0.1) is 11.3 Å². The van der Waals surface area contributed by atoms with Crippen molar-refractivity contribution in [1.82, 2.24) is 14.5 Å². The maximum absolute atomic E-state index is 13.5. The second-order valence-electron chi connectivity index (χ2n) is 7.84. The van der Waals surface area contributed by atoms with E-state index in [1.807, 2.05) is 47.5 Å². The number of nitrogens with zero attached hydrogens (tertiary/aromatic N) is 3. The van der Waals surface area contributed by atoms with Crippen LogP contribution in [-0.2, 0) is 24.3 Å². The molecule has 4 aromatic rings. The van der Waals surface area contributed by atoms with Gasteiger partial charge in [0.2, 0.25) is 5.91 Å². The van der Waals surface area contributed by atoms with E-state index in [1.54, 1.807) is 36.6 Å². The van der Waals surface area contributed by atoms with Gasteiger partial charge in [0.05, 0.1) is 24.3 Å². The lowest BCUT2D eigenvalue weighted by Crippen LogP contribution is -2.42. The van der Waals surface area contributed by atoms with Crippen LogP contribution >= 0.6 is 22.9 Å². The largest absolute Gasteiger partial charge is 0.497 e. The zero-order valence-electron chi connectivity index (χ0n) is 18.4. The Hall–Kier alpha value is -3.16. The summed E-state index contributed by atoms with van der Waals surface area (Å²) in [5.41, 5.74) is 1.25. The molecule has 0 N–H and O–H groups in total. The Bertz CT molecular complexity index is 1300. The van der Waals surface area contributed by atoms with Gasteiger partial charge in [-0.25, -0.2) is 4.98 Å². The highest BCUT2D eigenvalue weighted by atomic mass is 35.5. The molecule has 0 radical (unpaired) electrons. The number of benzene rings is 2. The minimum atomic E-state index is -0.286. The van der Waals surface area contributed by atoms with Gasteiger partial charge in [0.1, 0.15) is 12.3 Å². The number of hydrogen-bond donors (Lipinski definition) is 0. The molecule has 0 aliphatic rings. The maximum atomic E-state index is 13.5. The lowest BCUT2D eigenvalue weighted by atomic mass is 10.1. The molecular formula is C25H24ClN3O3S. The summed E-state index contributed by atoms with van der Waals surface area (Å²) in [6.45, 7) is 2.36. The summed E-state index contributed by atoms with van der Waals surface area (Å²) in [7, 11) is 1.62. The second kappa shape index (κ2) is 10.2. The van der Waals surface area contributed by atoms with Gasteiger partial charge >= 0.3 is 0 Å². The number of hydrogen-bond acceptors (Lipinski definition) is 5. The van der Waals surface area contributed by atoms with Crippen molar-refractivity contribution in [1.29, 1.82) is 0 Å². The molecule has 0 fully saturated rings. The van der Waals surface area contributed by atoms with Crippen LogP contribution in [0.5, 0.6) is 5.75 Å². The van der Waals surface area contributed by atoms with E-state index >= 15 is 0 Å². The van der Waals surface area contributed by atoms with Crippen molar-refractivity contribution in [3.05, 3.63) is 92.1 Å². The highest BCUT2D eigenvalue weighted by Crippen LogP contribution is 2.19. The molecule has 2 aromatic heterocycles. The summed E-state index contributed by atoms with van der Waals surface area (Å²) in [4.78, 5) is 33.8. The minimum Gasteiger partial charge on any atom is -0.497 e. The highest BCUT2D eigenvalue weighted by Gasteiger charge is 2.22. The molecule has 4 rings (SSSR count). The number of amides is 1. The molecule has 0 aliphatic heterocycles. The van der Waals surface area contributed by atoms with Crippen LogP contribution in [0.4, 0.5) is 0 Å². The van der Waals surface area contributed by atoms with Gasteiger partial charge in [0, 0.05) is 28.9 Å². The second-order valence-corrected chi connectivity index (χ2v) is 9.31. The summed E-state index contributed by atoms with van der Waals surface area (Å²) in [6.07, 6.45) is 2.16. The Morgan fingerprint density at radius 1 is 1.21 bits per heavy atom. The first-order valence-corrected chi connectivity index (χ1v) is 11.8. The van der Waals surface area contributed by atoms with E-state index in [4.69, 9.17) is 16.3 Å². The third kappa shape index (κ3) is 5.43. The molecule has 1 amide bonds. The molecule has 0 aliphatic carbocycles. The number of thiophene rings is 1. The van der Waals surface area contributed by atoms with Crippen molar-refractivity contribution in [3.63, 3.8) is 0 Å². The molecule has 8 heteroatoms. The SMILES string of the molecule is COc1ccc(CN(C(=O)Cn2cnc3ccc(Cl)cc3c2=O)C(C)Cc2cccs2)cc1. The van der Waals surface area contributed by atoms with Crippen LogP contribution < -0.4 is 10.3 Å². The predicted molar refractivity (Wildman–Crippen MR) is 132 cm³/mol. The molecule has 0 bridgehead atoms. The van der Waals surface area contributed by atoms with Crippen molar-refractivity contribution in [2.75, 3.05) is 7.11 Å². The molecule has 6 nitrogen and oxygen atoms in total. The lowest BCUT2D eigenvalue weighted by Gasteiger charge is -2.30. The fraction of sp³-hybridized carbons (Fsp3) is 0.240. The van der Waals surface area contributed by atoms with Crippen LogP contribution in [0, 0.1) is 0 Å². The Kier molecular flexibility index (Phi) is 7.11. The summed E-state index contributed by atoms with van der Waals surface area (Å²) in [5, 5.41) is 2.88. The van der Waals surface area contributed by atoms with Crippen LogP contribution in [0.2, 0.25) is 5.02 Å². The summed E-state index contributed by atoms with van der Waals surface area (Å²) in [6, 6.07) is 16.6. The van der Waals surface area contributed by atoms with Crippen molar-refractivity contribution in [2.24, 2.45) is 0 Å². The lowest BCUT2D eigenvalue weighted by molar-refractivity contribution is -0.134. The summed E-state index contributed by atoms with van der Waals surface area (Å²) < 4.78 is 6.59. The van der Waals surface area contributed by atoms with Crippen LogP contribution in [0.25, 0.3) is 10.9 Å². The molecule has 2 aromatic carbocycles. The first-order chi connectivity index (χ1) is 15.9. The first kappa shape index (κ1) is 23.0. The van der Waals surface area contributed by atoms with Crippen LogP contribution in [-0.4, -0.2) is 33.5 Å². The summed E-state index contributed by atoms with van der Waals surface area (Å²) >= 11 is 7.73. The number of carbonyl (C=O) groups excluding carboxylic acids is 1. The standard InChI is InChI=1S/C25H24ClN3O3S/c1-17(12-21-4-3-11-33-21)29(14-18-5-8-20(32-2)9-6-18)24(30)15-28-16-27-23-10-7-19(26)13-22(23)25(28)31/h3-11,13,16-17H,12,14-15H2,1-2H3. The van der Waals surface area contributed by atoms with Crippen molar-refractivity contribution in [2.45, 2.75) is 32.5 Å². The van der Waals surface area contributed by atoms with Gasteiger partial charge in [0.25, 0.3) is 5.56 Å². The number of aromatic nitrogens is 2. The number of rotatable bonds is 8. The van der Waals surface area contributed by atoms with E-state index in [0.717, 1.165) is 17.7 Å². The Morgan fingerprint density at radius 2 is 2.00 bits per heavy atom. The van der Waals surface area contributed by atoms with E-state index in [1.165, 1.54) is 15.8 Å². The molecular weight excluding hydrogens is 458 g/mol. The zero-order valence-corrected chi connectivity index (χ0v) is 20.0. The Morgan fingerprint density at radius 3 is 2.70 bits per heavy atom. The Labute approximate surface area is 201 Å². The topological polar surface area (TPSA) is 64.4 Å². The van der Waals surface area contributed by atoms with Gasteiger partial charge in [-0.3, -0.25) is 14.2 Å². The van der Waals surface area contributed by atoms with E-state index in [9.17, 15) is 9.59 Å². The van der Waals surface area contributed by atoms with Gasteiger partial charge < -0.3 is 9.64 Å². The normalized spacial score (nSPS) is 12.0. The monoisotopic (exact) mass is 481 g/mol. The average molecular weight is 482 g/mol. The molecule has 33 heavy (non-hydrogen) atoms. The fourth-order valence-corrected chi connectivity index (χ4v) is 4.73. The maximum Gasteiger partial charge on any atom is 0.261 e. The van der Waals surface area contributed by atoms with Crippen molar-refractivity contribution in [3.8, 4) is 5.75 Å².